The Bertz CT molecular complexity index is 997. The number of sulfonamides is 1. The Morgan fingerprint density at radius 2 is 2.00 bits per heavy atom. The van der Waals surface area contributed by atoms with E-state index < -0.39 is 27.5 Å². The smallest absolute Gasteiger partial charge is 0.347 e. The van der Waals surface area contributed by atoms with Gasteiger partial charge < -0.3 is 15.3 Å². The van der Waals surface area contributed by atoms with E-state index in [1.807, 2.05) is 0 Å². The van der Waals surface area contributed by atoms with Gasteiger partial charge in [-0.1, -0.05) is 30.3 Å². The van der Waals surface area contributed by atoms with Gasteiger partial charge in [-0.05, 0) is 37.0 Å². The van der Waals surface area contributed by atoms with E-state index in [-0.39, 0.29) is 18.0 Å². The predicted octanol–water partition coefficient (Wildman–Crippen LogP) is 2.99. The molecule has 1 atom stereocenters. The van der Waals surface area contributed by atoms with E-state index >= 15 is 0 Å². The summed E-state index contributed by atoms with van der Waals surface area (Å²) in [6.07, 6.45) is 4.76. The first kappa shape index (κ1) is 24.0. The molecule has 11 heteroatoms. The lowest BCUT2D eigenvalue weighted by molar-refractivity contribution is -0.0734. The number of rotatable bonds is 11. The third-order valence-corrected chi connectivity index (χ3v) is 8.99. The van der Waals surface area contributed by atoms with Crippen LogP contribution >= 0.6 is 23.1 Å². The minimum absolute atomic E-state index is 0.0733. The molecule has 0 amide bonds. The molecule has 0 saturated heterocycles. The molecule has 1 heterocycles. The summed E-state index contributed by atoms with van der Waals surface area (Å²) in [6.45, 7) is 0.196. The maximum atomic E-state index is 12.3. The van der Waals surface area contributed by atoms with Crippen molar-refractivity contribution in [2.75, 3.05) is 29.5 Å². The quantitative estimate of drug-likeness (QED) is 0.327. The Balaban J connectivity index is 1.62. The number of aromatic nitrogens is 1. The Morgan fingerprint density at radius 3 is 2.48 bits per heavy atom. The van der Waals surface area contributed by atoms with Gasteiger partial charge in [0.1, 0.15) is 4.88 Å². The molecule has 8 nitrogen and oxygen atoms in total. The molecule has 1 unspecified atom stereocenters. The normalized spacial score (nSPS) is 16.5. The highest BCUT2D eigenvalue weighted by molar-refractivity contribution is 8.01. The number of aromatic carboxylic acids is 1. The van der Waals surface area contributed by atoms with Gasteiger partial charge >= 0.3 is 5.97 Å². The first-order valence-corrected chi connectivity index (χ1v) is 13.5. The Morgan fingerprint density at radius 1 is 1.32 bits per heavy atom. The van der Waals surface area contributed by atoms with Crippen LogP contribution in [0, 0.1) is 5.41 Å². The first-order chi connectivity index (χ1) is 14.7. The average molecular weight is 487 g/mol. The summed E-state index contributed by atoms with van der Waals surface area (Å²) >= 11 is 2.49. The third-order valence-electron chi connectivity index (χ3n) is 5.57. The molecule has 0 bridgehead atoms. The number of benzene rings is 1. The fourth-order valence-electron chi connectivity index (χ4n) is 3.60. The molecule has 0 spiro atoms. The topological polar surface area (TPSA) is 128 Å². The largest absolute Gasteiger partial charge is 0.477 e. The van der Waals surface area contributed by atoms with Crippen LogP contribution in [0.15, 0.2) is 34.8 Å². The van der Waals surface area contributed by atoms with E-state index in [1.54, 1.807) is 24.3 Å². The van der Waals surface area contributed by atoms with Crippen molar-refractivity contribution in [3.05, 3.63) is 40.9 Å². The van der Waals surface area contributed by atoms with Crippen molar-refractivity contribution in [1.29, 1.82) is 0 Å². The molecule has 2 aromatic rings. The van der Waals surface area contributed by atoms with E-state index in [2.05, 4.69) is 4.98 Å². The van der Waals surface area contributed by atoms with Gasteiger partial charge in [-0.15, -0.1) is 11.3 Å². The summed E-state index contributed by atoms with van der Waals surface area (Å²) in [5.74, 6) is -0.419. The maximum absolute atomic E-state index is 12.3. The molecule has 1 aromatic carbocycles. The number of aliphatic hydroxyl groups is 2. The highest BCUT2D eigenvalue weighted by Crippen LogP contribution is 2.49. The van der Waals surface area contributed by atoms with Crippen LogP contribution in [0.1, 0.15) is 47.0 Å². The summed E-state index contributed by atoms with van der Waals surface area (Å²) in [5, 5.41) is 29.3. The summed E-state index contributed by atoms with van der Waals surface area (Å²) < 4.78 is 26.6. The first-order valence-electron chi connectivity index (χ1n) is 9.85. The summed E-state index contributed by atoms with van der Waals surface area (Å²) in [5.41, 5.74) is 0.683. The zero-order valence-corrected chi connectivity index (χ0v) is 19.5. The highest BCUT2D eigenvalue weighted by Gasteiger charge is 2.43. The number of hydrogen-bond donors (Lipinski definition) is 3. The van der Waals surface area contributed by atoms with Gasteiger partial charge in [-0.3, -0.25) is 4.31 Å². The summed E-state index contributed by atoms with van der Waals surface area (Å²) in [6, 6.07) is 6.78. The second kappa shape index (κ2) is 9.86. The zero-order chi connectivity index (χ0) is 22.6. The molecule has 1 fully saturated rings. The second-order valence-corrected chi connectivity index (χ2v) is 12.0. The van der Waals surface area contributed by atoms with Gasteiger partial charge in [0.05, 0.1) is 30.9 Å². The van der Waals surface area contributed by atoms with Crippen molar-refractivity contribution in [2.45, 2.75) is 36.1 Å². The Labute approximate surface area is 190 Å². The molecule has 1 aliphatic rings. The molecule has 1 saturated carbocycles. The van der Waals surface area contributed by atoms with Gasteiger partial charge in [0.15, 0.2) is 4.34 Å². The van der Waals surface area contributed by atoms with Crippen LogP contribution in [-0.2, 0) is 10.0 Å². The number of carboxylic acids is 1. The Hall–Kier alpha value is -1.66. The van der Waals surface area contributed by atoms with Crippen molar-refractivity contribution < 1.29 is 28.5 Å². The molecular formula is C20H26N2O6S3. The van der Waals surface area contributed by atoms with Crippen LogP contribution in [0.3, 0.4) is 0 Å². The van der Waals surface area contributed by atoms with E-state index in [0.29, 0.717) is 27.8 Å². The van der Waals surface area contributed by atoms with Crippen LogP contribution < -0.4 is 4.31 Å². The van der Waals surface area contributed by atoms with E-state index in [4.69, 9.17) is 5.11 Å². The SMILES string of the molecule is CS(=O)(=O)N(CCCSc1ncc(C(=O)O)s1)c1ccc(C(O)C2(CO)CCC2)cc1. The molecule has 0 radical (unpaired) electrons. The summed E-state index contributed by atoms with van der Waals surface area (Å²) in [7, 11) is -3.50. The molecule has 31 heavy (non-hydrogen) atoms. The van der Waals surface area contributed by atoms with Crippen LogP contribution in [0.5, 0.6) is 0 Å². The summed E-state index contributed by atoms with van der Waals surface area (Å²) in [4.78, 5) is 15.1. The van der Waals surface area contributed by atoms with Crippen molar-refractivity contribution >= 4 is 44.8 Å². The Kier molecular flexibility index (Phi) is 7.63. The molecule has 1 aliphatic carbocycles. The molecule has 1 aromatic heterocycles. The minimum Gasteiger partial charge on any atom is -0.477 e. The highest BCUT2D eigenvalue weighted by atomic mass is 32.2. The van der Waals surface area contributed by atoms with Gasteiger partial charge in [0.25, 0.3) is 0 Å². The lowest BCUT2D eigenvalue weighted by Gasteiger charge is -2.44. The van der Waals surface area contributed by atoms with Crippen molar-refractivity contribution in [2.24, 2.45) is 5.41 Å². The minimum atomic E-state index is -3.50. The second-order valence-electron chi connectivity index (χ2n) is 7.70. The maximum Gasteiger partial charge on any atom is 0.347 e. The van der Waals surface area contributed by atoms with Gasteiger partial charge in [0.2, 0.25) is 10.0 Å². The number of aliphatic hydroxyl groups excluding tert-OH is 2. The van der Waals surface area contributed by atoms with Gasteiger partial charge in [0, 0.05) is 17.7 Å². The number of carbonyl (C=O) groups is 1. The number of nitrogens with zero attached hydrogens (tertiary/aromatic N) is 2. The molecule has 3 rings (SSSR count). The number of thiazole rings is 1. The average Bonchev–Trinajstić information content (AvgIpc) is 3.16. The van der Waals surface area contributed by atoms with Crippen LogP contribution in [0.2, 0.25) is 0 Å². The molecule has 0 aliphatic heterocycles. The fraction of sp³-hybridized carbons (Fsp3) is 0.500. The lowest BCUT2D eigenvalue weighted by Crippen LogP contribution is -2.39. The third kappa shape index (κ3) is 5.58. The van der Waals surface area contributed by atoms with E-state index in [1.165, 1.54) is 22.3 Å². The van der Waals surface area contributed by atoms with E-state index in [9.17, 15) is 23.4 Å². The number of hydrogen-bond acceptors (Lipinski definition) is 8. The van der Waals surface area contributed by atoms with Crippen LogP contribution in [0.25, 0.3) is 0 Å². The van der Waals surface area contributed by atoms with Crippen molar-refractivity contribution in [3.8, 4) is 0 Å². The number of thioether (sulfide) groups is 1. The molecule has 3 N–H and O–H groups in total. The van der Waals surface area contributed by atoms with Crippen molar-refractivity contribution in [1.82, 2.24) is 4.98 Å². The van der Waals surface area contributed by atoms with Gasteiger partial charge in [-0.2, -0.15) is 0 Å². The van der Waals surface area contributed by atoms with E-state index in [0.717, 1.165) is 36.9 Å². The van der Waals surface area contributed by atoms with Crippen molar-refractivity contribution in [3.63, 3.8) is 0 Å². The van der Waals surface area contributed by atoms with Gasteiger partial charge in [-0.25, -0.2) is 18.2 Å². The zero-order valence-electron chi connectivity index (χ0n) is 17.1. The number of anilines is 1. The fourth-order valence-corrected chi connectivity index (χ4v) is 6.39. The van der Waals surface area contributed by atoms with Crippen LogP contribution in [-0.4, -0.2) is 59.9 Å². The number of carboxylic acid groups (broad SMARTS) is 1. The molecule has 170 valence electrons. The molecular weight excluding hydrogens is 460 g/mol. The lowest BCUT2D eigenvalue weighted by atomic mass is 9.64. The van der Waals surface area contributed by atoms with Crippen LogP contribution in [0.4, 0.5) is 5.69 Å². The monoisotopic (exact) mass is 486 g/mol. The standard InChI is InChI=1S/C20H26N2O6S3/c1-31(27,28)22(10-3-11-29-19-21-12-16(30-19)18(25)26)15-6-4-14(5-7-15)17(24)20(13-23)8-2-9-20/h4-7,12,17,23-24H,2-3,8-11,13H2,1H3,(H,25,26). The predicted molar refractivity (Wildman–Crippen MR) is 121 cm³/mol.